The van der Waals surface area contributed by atoms with Gasteiger partial charge in [0.2, 0.25) is 5.95 Å². The Morgan fingerprint density at radius 2 is 2.11 bits per heavy atom. The summed E-state index contributed by atoms with van der Waals surface area (Å²) in [4.78, 5) is 31.4. The molecule has 4 aromatic rings. The maximum Gasteiger partial charge on any atom is 0.324 e. The zero-order chi connectivity index (χ0) is 19.1. The lowest BCUT2D eigenvalue weighted by molar-refractivity contribution is 0.195. The topological polar surface area (TPSA) is 102 Å². The molecule has 0 atom stereocenters. The van der Waals surface area contributed by atoms with Crippen LogP contribution < -0.4 is 5.32 Å². The summed E-state index contributed by atoms with van der Waals surface area (Å²) in [6, 6.07) is 5.50. The minimum absolute atomic E-state index is 0.240. The van der Waals surface area contributed by atoms with Crippen LogP contribution in [0, 0.1) is 6.92 Å². The average molecular weight is 375 g/mol. The molecule has 28 heavy (non-hydrogen) atoms. The number of hydrogen-bond acceptors (Lipinski definition) is 6. The van der Waals surface area contributed by atoms with Crippen LogP contribution in [0.25, 0.3) is 22.2 Å². The Bertz CT molecular complexity index is 1180. The highest BCUT2D eigenvalue weighted by Crippen LogP contribution is 2.24. The van der Waals surface area contributed by atoms with Crippen molar-refractivity contribution in [3.8, 4) is 11.3 Å². The molecule has 3 aromatic heterocycles. The van der Waals surface area contributed by atoms with Crippen LogP contribution in [0.3, 0.4) is 0 Å². The molecule has 140 valence electrons. The summed E-state index contributed by atoms with van der Waals surface area (Å²) in [5, 5.41) is 3.66. The molecule has 0 radical (unpaired) electrons. The number of aromatic nitrogens is 5. The molecule has 4 heterocycles. The molecule has 5 rings (SSSR count). The molecule has 1 aliphatic rings. The number of oxazole rings is 1. The molecule has 1 N–H and O–H groups in total. The molecule has 1 aromatic carbocycles. The maximum absolute atomic E-state index is 12.6. The van der Waals surface area contributed by atoms with Crippen molar-refractivity contribution in [2.45, 2.75) is 20.0 Å². The number of anilines is 1. The second kappa shape index (κ2) is 6.45. The number of imidazole rings is 1. The van der Waals surface area contributed by atoms with E-state index in [-0.39, 0.29) is 12.0 Å². The Balaban J connectivity index is 1.38. The van der Waals surface area contributed by atoms with Gasteiger partial charge in [-0.05, 0) is 6.07 Å². The molecule has 0 saturated heterocycles. The van der Waals surface area contributed by atoms with Crippen molar-refractivity contribution in [1.82, 2.24) is 29.4 Å². The van der Waals surface area contributed by atoms with Crippen LogP contribution in [0.15, 0.2) is 47.4 Å². The van der Waals surface area contributed by atoms with Gasteiger partial charge in [-0.3, -0.25) is 5.32 Å². The summed E-state index contributed by atoms with van der Waals surface area (Å²) in [6.07, 6.45) is 7.04. The zero-order valence-electron chi connectivity index (χ0n) is 15.2. The number of nitrogens with zero attached hydrogens (tertiary/aromatic N) is 6. The number of aryl methyl sites for hydroxylation is 1. The zero-order valence-corrected chi connectivity index (χ0v) is 15.2. The van der Waals surface area contributed by atoms with E-state index in [1.807, 2.05) is 29.0 Å². The molecule has 0 saturated carbocycles. The monoisotopic (exact) mass is 375 g/mol. The molecule has 0 fully saturated rings. The fourth-order valence-electron chi connectivity index (χ4n) is 3.25. The number of carbonyl (C=O) groups is 1. The third-order valence-electron chi connectivity index (χ3n) is 4.74. The van der Waals surface area contributed by atoms with Gasteiger partial charge in [-0.15, -0.1) is 0 Å². The second-order valence-electron chi connectivity index (χ2n) is 6.60. The number of nitrogens with one attached hydrogen (secondary N) is 1. The van der Waals surface area contributed by atoms with E-state index >= 15 is 0 Å². The molecular weight excluding hydrogens is 358 g/mol. The van der Waals surface area contributed by atoms with Crippen LogP contribution in [0.5, 0.6) is 0 Å². The van der Waals surface area contributed by atoms with Crippen molar-refractivity contribution in [2.24, 2.45) is 0 Å². The van der Waals surface area contributed by atoms with Gasteiger partial charge in [0.15, 0.2) is 11.7 Å². The minimum atomic E-state index is -0.240. The first-order valence-corrected chi connectivity index (χ1v) is 8.91. The number of fused-ring (bicyclic) bond motifs is 2. The van der Waals surface area contributed by atoms with Crippen molar-refractivity contribution in [3.05, 3.63) is 54.7 Å². The number of amides is 2. The Morgan fingerprint density at radius 3 is 2.96 bits per heavy atom. The molecule has 9 heteroatoms. The highest BCUT2D eigenvalue weighted by atomic mass is 16.4. The van der Waals surface area contributed by atoms with E-state index in [0.29, 0.717) is 30.3 Å². The lowest BCUT2D eigenvalue weighted by atomic mass is 10.1. The average Bonchev–Trinajstić information content (AvgIpc) is 3.35. The van der Waals surface area contributed by atoms with Gasteiger partial charge in [0.25, 0.3) is 0 Å². The number of urea groups is 1. The van der Waals surface area contributed by atoms with Gasteiger partial charge in [-0.1, -0.05) is 12.1 Å². The van der Waals surface area contributed by atoms with Crippen LogP contribution in [-0.4, -0.2) is 42.0 Å². The van der Waals surface area contributed by atoms with Crippen molar-refractivity contribution in [1.29, 1.82) is 0 Å². The van der Waals surface area contributed by atoms with E-state index in [1.54, 1.807) is 30.4 Å². The predicted molar refractivity (Wildman–Crippen MR) is 101 cm³/mol. The van der Waals surface area contributed by atoms with Crippen molar-refractivity contribution in [3.63, 3.8) is 0 Å². The Hall–Kier alpha value is -3.75. The lowest BCUT2D eigenvalue weighted by Crippen LogP contribution is -2.41. The maximum atomic E-state index is 12.6. The largest absolute Gasteiger partial charge is 0.441 e. The highest BCUT2D eigenvalue weighted by Gasteiger charge is 2.21. The number of hydrogen-bond donors (Lipinski definition) is 1. The second-order valence-corrected chi connectivity index (χ2v) is 6.60. The van der Waals surface area contributed by atoms with Crippen molar-refractivity contribution >= 4 is 22.9 Å². The van der Waals surface area contributed by atoms with Crippen LogP contribution >= 0.6 is 0 Å². The SMILES string of the molecule is Cc1ncc(-c2ccc3cnc(NC(=O)N4CCn5ccnc5C4)nc3c2)o1. The summed E-state index contributed by atoms with van der Waals surface area (Å²) >= 11 is 0. The van der Waals surface area contributed by atoms with E-state index in [0.717, 1.165) is 23.3 Å². The van der Waals surface area contributed by atoms with E-state index in [4.69, 9.17) is 4.42 Å². The van der Waals surface area contributed by atoms with E-state index in [9.17, 15) is 4.79 Å². The molecule has 9 nitrogen and oxygen atoms in total. The number of rotatable bonds is 2. The highest BCUT2D eigenvalue weighted by molar-refractivity contribution is 5.89. The van der Waals surface area contributed by atoms with Crippen molar-refractivity contribution in [2.75, 3.05) is 11.9 Å². The molecule has 0 aliphatic carbocycles. The van der Waals surface area contributed by atoms with Crippen LogP contribution in [0.2, 0.25) is 0 Å². The van der Waals surface area contributed by atoms with Crippen LogP contribution in [0.1, 0.15) is 11.7 Å². The first-order chi connectivity index (χ1) is 13.7. The molecule has 0 bridgehead atoms. The number of carbonyl (C=O) groups excluding carboxylic acids is 1. The third kappa shape index (κ3) is 2.96. The Morgan fingerprint density at radius 1 is 1.18 bits per heavy atom. The van der Waals surface area contributed by atoms with Gasteiger partial charge in [0.1, 0.15) is 5.82 Å². The summed E-state index contributed by atoms with van der Waals surface area (Å²) in [7, 11) is 0. The standard InChI is InChI=1S/C19H17N7O2/c1-12-21-10-16(28-12)13-2-3-14-9-22-18(23-15(14)8-13)24-19(27)26-7-6-25-5-4-20-17(25)11-26/h2-5,8-10H,6-7,11H2,1H3,(H,22,23,24,27). The molecule has 2 amide bonds. The smallest absolute Gasteiger partial charge is 0.324 e. The van der Waals surface area contributed by atoms with Crippen LogP contribution in [-0.2, 0) is 13.1 Å². The normalized spacial score (nSPS) is 13.5. The first kappa shape index (κ1) is 16.4. The van der Waals surface area contributed by atoms with Gasteiger partial charge in [0.05, 0.1) is 18.3 Å². The molecule has 1 aliphatic heterocycles. The third-order valence-corrected chi connectivity index (χ3v) is 4.74. The summed E-state index contributed by atoms with van der Waals surface area (Å²) in [5.41, 5.74) is 1.58. The number of benzene rings is 1. The quantitative estimate of drug-likeness (QED) is 0.578. The summed E-state index contributed by atoms with van der Waals surface area (Å²) in [5.74, 6) is 2.41. The molecular formula is C19H17N7O2. The molecule has 0 unspecified atom stereocenters. The van der Waals surface area contributed by atoms with Gasteiger partial charge in [-0.2, -0.15) is 0 Å². The first-order valence-electron chi connectivity index (χ1n) is 8.91. The summed E-state index contributed by atoms with van der Waals surface area (Å²) < 4.78 is 7.62. The van der Waals surface area contributed by atoms with E-state index in [2.05, 4.69) is 25.3 Å². The van der Waals surface area contributed by atoms with E-state index < -0.39 is 0 Å². The molecule has 0 spiro atoms. The van der Waals surface area contributed by atoms with Gasteiger partial charge < -0.3 is 13.9 Å². The fourth-order valence-corrected chi connectivity index (χ4v) is 3.25. The minimum Gasteiger partial charge on any atom is -0.441 e. The Kier molecular flexibility index (Phi) is 3.78. The van der Waals surface area contributed by atoms with Gasteiger partial charge in [0, 0.05) is 49.6 Å². The lowest BCUT2D eigenvalue weighted by Gasteiger charge is -2.27. The van der Waals surface area contributed by atoms with Crippen molar-refractivity contribution < 1.29 is 9.21 Å². The predicted octanol–water partition coefficient (Wildman–Crippen LogP) is 2.84. The van der Waals surface area contributed by atoms with Gasteiger partial charge in [-0.25, -0.2) is 24.7 Å². The fraction of sp³-hybridized carbons (Fsp3) is 0.211. The van der Waals surface area contributed by atoms with E-state index in [1.165, 1.54) is 0 Å². The van der Waals surface area contributed by atoms with Crippen LogP contribution in [0.4, 0.5) is 10.7 Å². The van der Waals surface area contributed by atoms with Gasteiger partial charge >= 0.3 is 6.03 Å². The Labute approximate surface area is 160 Å². The summed E-state index contributed by atoms with van der Waals surface area (Å²) in [6.45, 7) is 3.59.